The summed E-state index contributed by atoms with van der Waals surface area (Å²) in [5, 5.41) is 0. The van der Waals surface area contributed by atoms with Gasteiger partial charge >= 0.3 is 0 Å². The van der Waals surface area contributed by atoms with Gasteiger partial charge in [-0.3, -0.25) is 4.72 Å². The van der Waals surface area contributed by atoms with E-state index in [1.165, 1.54) is 0 Å². The van der Waals surface area contributed by atoms with Gasteiger partial charge in [0.2, 0.25) is 10.0 Å². The minimum absolute atomic E-state index is 0.0639. The van der Waals surface area contributed by atoms with Crippen LogP contribution in [-0.2, 0) is 10.0 Å². The lowest BCUT2D eigenvalue weighted by atomic mass is 10.3. The van der Waals surface area contributed by atoms with Gasteiger partial charge in [-0.15, -0.1) is 0 Å². The van der Waals surface area contributed by atoms with Crippen LogP contribution in [0.3, 0.4) is 0 Å². The molecule has 1 heterocycles. The van der Waals surface area contributed by atoms with Crippen molar-refractivity contribution in [2.45, 2.75) is 6.92 Å². The highest BCUT2D eigenvalue weighted by Gasteiger charge is 2.09. The Labute approximate surface area is 89.7 Å². The molecule has 0 saturated carbocycles. The van der Waals surface area contributed by atoms with Gasteiger partial charge in [0.25, 0.3) is 0 Å². The summed E-state index contributed by atoms with van der Waals surface area (Å²) in [6.45, 7) is 1.58. The van der Waals surface area contributed by atoms with Crippen LogP contribution < -0.4 is 4.72 Å². The first-order valence-electron chi connectivity index (χ1n) is 3.60. The molecule has 4 nitrogen and oxygen atoms in total. The zero-order valence-corrected chi connectivity index (χ0v) is 9.91. The van der Waals surface area contributed by atoms with Gasteiger partial charge in [-0.1, -0.05) is 0 Å². The van der Waals surface area contributed by atoms with Crippen LogP contribution in [0.1, 0.15) is 5.69 Å². The van der Waals surface area contributed by atoms with Crippen molar-refractivity contribution >= 4 is 31.6 Å². The van der Waals surface area contributed by atoms with E-state index in [9.17, 15) is 12.8 Å². The first kappa shape index (κ1) is 11.4. The maximum absolute atomic E-state index is 13.0. The number of aryl methyl sites for hydroxylation is 1. The Kier molecular flexibility index (Phi) is 3.10. The fourth-order valence-electron chi connectivity index (χ4n) is 0.855. The van der Waals surface area contributed by atoms with Gasteiger partial charge in [-0.2, -0.15) is 0 Å². The van der Waals surface area contributed by atoms with Crippen LogP contribution in [0, 0.1) is 12.7 Å². The van der Waals surface area contributed by atoms with Gasteiger partial charge in [-0.05, 0) is 22.9 Å². The van der Waals surface area contributed by atoms with Crippen molar-refractivity contribution in [1.82, 2.24) is 4.98 Å². The largest absolute Gasteiger partial charge is 0.282 e. The second-order valence-electron chi connectivity index (χ2n) is 2.77. The van der Waals surface area contributed by atoms with Crippen molar-refractivity contribution in [3.63, 3.8) is 0 Å². The summed E-state index contributed by atoms with van der Waals surface area (Å²) in [4.78, 5) is 3.77. The van der Waals surface area contributed by atoms with E-state index in [2.05, 4.69) is 25.6 Å². The second-order valence-corrected chi connectivity index (χ2v) is 5.27. The molecule has 0 fully saturated rings. The van der Waals surface area contributed by atoms with Crippen LogP contribution in [0.15, 0.2) is 10.7 Å². The average Bonchev–Trinajstić information content (AvgIpc) is 1.97. The quantitative estimate of drug-likeness (QED) is 0.840. The molecule has 0 amide bonds. The molecule has 0 spiro atoms. The number of nitrogens with zero attached hydrogens (tertiary/aromatic N) is 1. The molecule has 0 radical (unpaired) electrons. The number of pyridine rings is 1. The van der Waals surface area contributed by atoms with Crippen LogP contribution in [0.5, 0.6) is 0 Å². The number of nitrogens with one attached hydrogen (secondary N) is 1. The number of hydrogen-bond donors (Lipinski definition) is 1. The molecule has 0 bridgehead atoms. The molecule has 7 heteroatoms. The highest BCUT2D eigenvalue weighted by atomic mass is 79.9. The standard InChI is InChI=1S/C7H8BrFN2O2S/c1-4-6(11-14(2,12)13)3-5(9)7(8)10-4/h3,11H,1-2H3. The fourth-order valence-corrected chi connectivity index (χ4v) is 1.84. The van der Waals surface area contributed by atoms with E-state index in [0.29, 0.717) is 5.69 Å². The van der Waals surface area contributed by atoms with Crippen LogP contribution in [0.25, 0.3) is 0 Å². The Balaban J connectivity index is 3.17. The number of halogens is 2. The maximum Gasteiger partial charge on any atom is 0.229 e. The molecule has 1 rings (SSSR count). The molecule has 0 aliphatic heterocycles. The number of hydrogen-bond acceptors (Lipinski definition) is 3. The van der Waals surface area contributed by atoms with Gasteiger partial charge in [0.1, 0.15) is 4.60 Å². The van der Waals surface area contributed by atoms with Crippen molar-refractivity contribution in [1.29, 1.82) is 0 Å². The normalized spacial score (nSPS) is 11.4. The minimum Gasteiger partial charge on any atom is -0.282 e. The number of rotatable bonds is 2. The predicted molar refractivity (Wildman–Crippen MR) is 55.1 cm³/mol. The monoisotopic (exact) mass is 282 g/mol. The first-order valence-corrected chi connectivity index (χ1v) is 6.28. The lowest BCUT2D eigenvalue weighted by Gasteiger charge is -2.07. The van der Waals surface area contributed by atoms with Gasteiger partial charge in [-0.25, -0.2) is 17.8 Å². The number of aromatic nitrogens is 1. The first-order chi connectivity index (χ1) is 6.29. The third-order valence-electron chi connectivity index (χ3n) is 1.42. The van der Waals surface area contributed by atoms with Crippen molar-refractivity contribution in [2.24, 2.45) is 0 Å². The predicted octanol–water partition coefficient (Wildman–Crippen LogP) is 1.66. The van der Waals surface area contributed by atoms with Gasteiger partial charge < -0.3 is 0 Å². The molecule has 0 saturated heterocycles. The molecule has 0 aliphatic carbocycles. The number of sulfonamides is 1. The Morgan fingerprint density at radius 3 is 2.64 bits per heavy atom. The average molecular weight is 283 g/mol. The van der Waals surface area contributed by atoms with Crippen molar-refractivity contribution in [2.75, 3.05) is 11.0 Å². The van der Waals surface area contributed by atoms with E-state index >= 15 is 0 Å². The molecular formula is C7H8BrFN2O2S. The Hall–Kier alpha value is -0.690. The molecule has 0 atom stereocenters. The molecule has 78 valence electrons. The third-order valence-corrected chi connectivity index (χ3v) is 2.57. The third kappa shape index (κ3) is 2.91. The summed E-state index contributed by atoms with van der Waals surface area (Å²) in [7, 11) is -3.40. The van der Waals surface area contributed by atoms with E-state index in [-0.39, 0.29) is 10.3 Å². The highest BCUT2D eigenvalue weighted by molar-refractivity contribution is 9.10. The number of anilines is 1. The van der Waals surface area contributed by atoms with E-state index in [0.717, 1.165) is 12.3 Å². The van der Waals surface area contributed by atoms with E-state index in [1.807, 2.05) is 0 Å². The van der Waals surface area contributed by atoms with Gasteiger partial charge in [0, 0.05) is 6.07 Å². The summed E-state index contributed by atoms with van der Waals surface area (Å²) in [5.41, 5.74) is 0.553. The highest BCUT2D eigenvalue weighted by Crippen LogP contribution is 2.20. The van der Waals surface area contributed by atoms with Gasteiger partial charge in [0.15, 0.2) is 5.82 Å². The fraction of sp³-hybridized carbons (Fsp3) is 0.286. The van der Waals surface area contributed by atoms with E-state index < -0.39 is 15.8 Å². The Morgan fingerprint density at radius 1 is 1.57 bits per heavy atom. The lowest BCUT2D eigenvalue weighted by molar-refractivity contribution is 0.605. The molecule has 0 aliphatic rings. The summed E-state index contributed by atoms with van der Waals surface area (Å²) in [6, 6.07) is 1.08. The molecule has 14 heavy (non-hydrogen) atoms. The molecule has 0 aromatic carbocycles. The molecular weight excluding hydrogens is 275 g/mol. The Bertz CT molecular complexity index is 461. The zero-order valence-electron chi connectivity index (χ0n) is 7.51. The molecule has 1 aromatic heterocycles. The molecule has 1 N–H and O–H groups in total. The molecule has 1 aromatic rings. The summed E-state index contributed by atoms with van der Waals surface area (Å²) in [6.07, 6.45) is 0.992. The summed E-state index contributed by atoms with van der Waals surface area (Å²) < 4.78 is 37.0. The second kappa shape index (κ2) is 3.82. The summed E-state index contributed by atoms with van der Waals surface area (Å²) in [5.74, 6) is -0.609. The van der Waals surface area contributed by atoms with Crippen molar-refractivity contribution < 1.29 is 12.8 Å². The lowest BCUT2D eigenvalue weighted by Crippen LogP contribution is -2.11. The summed E-state index contributed by atoms with van der Waals surface area (Å²) >= 11 is 2.90. The van der Waals surface area contributed by atoms with E-state index in [1.54, 1.807) is 6.92 Å². The van der Waals surface area contributed by atoms with Crippen LogP contribution in [0.2, 0.25) is 0 Å². The topological polar surface area (TPSA) is 59.1 Å². The van der Waals surface area contributed by atoms with Crippen LogP contribution in [0.4, 0.5) is 10.1 Å². The van der Waals surface area contributed by atoms with E-state index in [4.69, 9.17) is 0 Å². The minimum atomic E-state index is -3.40. The van der Waals surface area contributed by atoms with Crippen LogP contribution in [-0.4, -0.2) is 19.7 Å². The zero-order chi connectivity index (χ0) is 10.9. The van der Waals surface area contributed by atoms with Crippen LogP contribution >= 0.6 is 15.9 Å². The van der Waals surface area contributed by atoms with Gasteiger partial charge in [0.05, 0.1) is 17.6 Å². The SMILES string of the molecule is Cc1nc(Br)c(F)cc1NS(C)(=O)=O. The van der Waals surface area contributed by atoms with Crippen molar-refractivity contribution in [3.05, 3.63) is 22.2 Å². The molecule has 0 unspecified atom stereocenters. The smallest absolute Gasteiger partial charge is 0.229 e. The van der Waals surface area contributed by atoms with Crippen molar-refractivity contribution in [3.8, 4) is 0 Å². The Morgan fingerprint density at radius 2 is 2.14 bits per heavy atom. The maximum atomic E-state index is 13.0.